The Hall–Kier alpha value is -4.35. The summed E-state index contributed by atoms with van der Waals surface area (Å²) in [5.74, 6) is 0.766. The second-order valence-electron chi connectivity index (χ2n) is 7.66. The van der Waals surface area contributed by atoms with Crippen molar-refractivity contribution in [3.63, 3.8) is 0 Å². The summed E-state index contributed by atoms with van der Waals surface area (Å²) in [7, 11) is 0. The maximum Gasteiger partial charge on any atom is 0.222 e. The Morgan fingerprint density at radius 3 is 2.62 bits per heavy atom. The van der Waals surface area contributed by atoms with Gasteiger partial charge in [-0.1, -0.05) is 12.1 Å². The smallest absolute Gasteiger partial charge is 0.222 e. The van der Waals surface area contributed by atoms with Gasteiger partial charge in [-0.25, -0.2) is 14.4 Å². The molecule has 1 fully saturated rings. The molecular formula is C26H22FN5O2. The van der Waals surface area contributed by atoms with E-state index in [1.54, 1.807) is 42.6 Å². The molecule has 0 unspecified atom stereocenters. The number of nitrogens with one attached hydrogen (secondary N) is 2. The molecule has 2 aromatic carbocycles. The Kier molecular flexibility index (Phi) is 7.06. The van der Waals surface area contributed by atoms with Crippen LogP contribution < -0.4 is 15.4 Å². The number of benzene rings is 2. The first-order valence-electron chi connectivity index (χ1n) is 10.7. The van der Waals surface area contributed by atoms with Gasteiger partial charge in [-0.15, -0.1) is 0 Å². The van der Waals surface area contributed by atoms with Gasteiger partial charge in [-0.05, 0) is 60.2 Å². The highest BCUT2D eigenvalue weighted by molar-refractivity contribution is 5.89. The Labute approximate surface area is 196 Å². The molecule has 2 N–H and O–H groups in total. The van der Waals surface area contributed by atoms with Gasteiger partial charge in [-0.3, -0.25) is 4.79 Å². The molecule has 1 amide bonds. The van der Waals surface area contributed by atoms with Gasteiger partial charge in [0.2, 0.25) is 5.91 Å². The van der Waals surface area contributed by atoms with Crippen LogP contribution in [0.15, 0.2) is 72.9 Å². The highest BCUT2D eigenvalue weighted by atomic mass is 19.1. The molecule has 0 atom stereocenters. The van der Waals surface area contributed by atoms with Crippen molar-refractivity contribution in [2.75, 3.05) is 18.4 Å². The van der Waals surface area contributed by atoms with Crippen LogP contribution in [0.3, 0.4) is 0 Å². The van der Waals surface area contributed by atoms with E-state index in [1.807, 2.05) is 18.2 Å². The van der Waals surface area contributed by atoms with Gasteiger partial charge < -0.3 is 15.4 Å². The number of hydrogen-bond acceptors (Lipinski definition) is 6. The normalized spacial score (nSPS) is 12.6. The lowest BCUT2D eigenvalue weighted by Crippen LogP contribution is -2.50. The van der Waals surface area contributed by atoms with Gasteiger partial charge in [0, 0.05) is 37.2 Å². The minimum atomic E-state index is -0.302. The van der Waals surface area contributed by atoms with Crippen LogP contribution in [-0.2, 0) is 4.79 Å². The van der Waals surface area contributed by atoms with E-state index in [-0.39, 0.29) is 17.8 Å². The Morgan fingerprint density at radius 2 is 1.94 bits per heavy atom. The van der Waals surface area contributed by atoms with Gasteiger partial charge in [0.15, 0.2) is 5.65 Å². The van der Waals surface area contributed by atoms with Crippen LogP contribution in [0, 0.1) is 17.1 Å². The maximum absolute atomic E-state index is 13.5. The van der Waals surface area contributed by atoms with E-state index < -0.39 is 0 Å². The second kappa shape index (κ2) is 10.5. The molecule has 0 radical (unpaired) electrons. The third kappa shape index (κ3) is 5.71. The Balaban J connectivity index is 0.000000172. The van der Waals surface area contributed by atoms with Crippen molar-refractivity contribution in [2.24, 2.45) is 0 Å². The summed E-state index contributed by atoms with van der Waals surface area (Å²) < 4.78 is 19.3. The van der Waals surface area contributed by atoms with Crippen molar-refractivity contribution in [2.45, 2.75) is 13.0 Å². The number of anilines is 1. The number of fused-ring (bicyclic) bond motifs is 1. The van der Waals surface area contributed by atoms with Crippen molar-refractivity contribution >= 4 is 22.8 Å². The van der Waals surface area contributed by atoms with Gasteiger partial charge in [0.1, 0.15) is 23.5 Å². The SMILES string of the molecule is CC(=O)Nc1ccc2cccnc2n1.N#Cc1ccc(-c2cc(F)ccc2OC2CNC2)cc1. The fourth-order valence-corrected chi connectivity index (χ4v) is 3.28. The number of halogens is 1. The highest BCUT2D eigenvalue weighted by Crippen LogP contribution is 2.32. The summed E-state index contributed by atoms with van der Waals surface area (Å²) in [4.78, 5) is 19.0. The zero-order chi connectivity index (χ0) is 23.9. The lowest BCUT2D eigenvalue weighted by Gasteiger charge is -2.28. The topological polar surface area (TPSA) is 99.9 Å². The molecule has 34 heavy (non-hydrogen) atoms. The number of hydrogen-bond donors (Lipinski definition) is 2. The number of ether oxygens (including phenoxy) is 1. The molecule has 3 heterocycles. The highest BCUT2D eigenvalue weighted by Gasteiger charge is 2.20. The number of amides is 1. The molecule has 7 nitrogen and oxygen atoms in total. The van der Waals surface area contributed by atoms with Crippen molar-refractivity contribution in [3.8, 4) is 22.9 Å². The predicted octanol–water partition coefficient (Wildman–Crippen LogP) is 4.30. The van der Waals surface area contributed by atoms with Crippen molar-refractivity contribution in [1.29, 1.82) is 5.26 Å². The van der Waals surface area contributed by atoms with Crippen LogP contribution in [0.4, 0.5) is 10.2 Å². The van der Waals surface area contributed by atoms with E-state index in [1.165, 1.54) is 19.1 Å². The fourth-order valence-electron chi connectivity index (χ4n) is 3.28. The largest absolute Gasteiger partial charge is 0.487 e. The first-order chi connectivity index (χ1) is 16.5. The number of carbonyl (C=O) groups excluding carboxylic acids is 1. The van der Waals surface area contributed by atoms with Crippen LogP contribution in [0.5, 0.6) is 5.75 Å². The van der Waals surface area contributed by atoms with Crippen molar-refractivity contribution in [3.05, 3.63) is 84.3 Å². The molecule has 0 bridgehead atoms. The molecule has 0 aliphatic carbocycles. The van der Waals surface area contributed by atoms with Gasteiger partial charge in [-0.2, -0.15) is 5.26 Å². The summed E-state index contributed by atoms with van der Waals surface area (Å²) in [6.45, 7) is 3.07. The van der Waals surface area contributed by atoms with Gasteiger partial charge >= 0.3 is 0 Å². The molecule has 170 valence electrons. The number of aromatic nitrogens is 2. The minimum Gasteiger partial charge on any atom is -0.487 e. The number of rotatable bonds is 4. The molecule has 1 aliphatic rings. The maximum atomic E-state index is 13.5. The average Bonchev–Trinajstić information content (AvgIpc) is 2.82. The number of pyridine rings is 2. The molecule has 1 saturated heterocycles. The summed E-state index contributed by atoms with van der Waals surface area (Å²) in [5.41, 5.74) is 2.77. The Morgan fingerprint density at radius 1 is 1.15 bits per heavy atom. The molecular weight excluding hydrogens is 433 g/mol. The third-order valence-corrected chi connectivity index (χ3v) is 5.07. The van der Waals surface area contributed by atoms with E-state index in [2.05, 4.69) is 26.7 Å². The second-order valence-corrected chi connectivity index (χ2v) is 7.66. The lowest BCUT2D eigenvalue weighted by atomic mass is 10.0. The van der Waals surface area contributed by atoms with Crippen molar-refractivity contribution < 1.29 is 13.9 Å². The molecule has 0 saturated carbocycles. The third-order valence-electron chi connectivity index (χ3n) is 5.07. The average molecular weight is 455 g/mol. The van der Waals surface area contributed by atoms with Crippen molar-refractivity contribution in [1.82, 2.24) is 15.3 Å². The standard InChI is InChI=1S/C16H13FN2O.C10H9N3O/c17-13-5-6-16(20-14-9-19-10-14)15(7-13)12-3-1-11(8-18)2-4-12;1-7(14)12-9-5-4-8-3-2-6-11-10(8)13-9/h1-7,14,19H,9-10H2;2-6H,1H3,(H,11,12,13,14). The fraction of sp³-hybridized carbons (Fsp3) is 0.154. The quantitative estimate of drug-likeness (QED) is 0.476. The van der Waals surface area contributed by atoms with Crippen LogP contribution in [0.2, 0.25) is 0 Å². The lowest BCUT2D eigenvalue weighted by molar-refractivity contribution is -0.114. The van der Waals surface area contributed by atoms with Crippen LogP contribution in [0.25, 0.3) is 22.2 Å². The summed E-state index contributed by atoms with van der Waals surface area (Å²) in [6, 6.07) is 21.0. The molecule has 5 rings (SSSR count). The van der Waals surface area contributed by atoms with Gasteiger partial charge in [0.25, 0.3) is 0 Å². The molecule has 8 heteroatoms. The van der Waals surface area contributed by atoms with Gasteiger partial charge in [0.05, 0.1) is 11.6 Å². The zero-order valence-corrected chi connectivity index (χ0v) is 18.5. The number of nitrogens with zero attached hydrogens (tertiary/aromatic N) is 3. The molecule has 1 aliphatic heterocycles. The van der Waals surface area contributed by atoms with E-state index in [9.17, 15) is 9.18 Å². The molecule has 4 aromatic rings. The summed E-state index contributed by atoms with van der Waals surface area (Å²) >= 11 is 0. The first-order valence-corrected chi connectivity index (χ1v) is 10.7. The molecule has 2 aromatic heterocycles. The van der Waals surface area contributed by atoms with E-state index >= 15 is 0 Å². The summed E-state index contributed by atoms with van der Waals surface area (Å²) in [6.07, 6.45) is 1.81. The Bertz CT molecular complexity index is 1350. The van der Waals surface area contributed by atoms with E-state index in [0.29, 0.717) is 28.3 Å². The first kappa shape index (κ1) is 22.8. The monoisotopic (exact) mass is 455 g/mol. The van der Waals surface area contributed by atoms with E-state index in [0.717, 1.165) is 24.0 Å². The minimum absolute atomic E-state index is 0.132. The zero-order valence-electron chi connectivity index (χ0n) is 18.5. The van der Waals surface area contributed by atoms with Crippen LogP contribution in [0.1, 0.15) is 12.5 Å². The number of carbonyl (C=O) groups is 1. The van der Waals surface area contributed by atoms with Crippen LogP contribution >= 0.6 is 0 Å². The van der Waals surface area contributed by atoms with E-state index in [4.69, 9.17) is 10.00 Å². The van der Waals surface area contributed by atoms with Crippen LogP contribution in [-0.4, -0.2) is 35.1 Å². The predicted molar refractivity (Wildman–Crippen MR) is 128 cm³/mol. The molecule has 0 spiro atoms. The number of nitriles is 1. The summed E-state index contributed by atoms with van der Waals surface area (Å²) in [5, 5.41) is 15.5.